The maximum atomic E-state index is 12.6. The minimum absolute atomic E-state index is 0.0258. The van der Waals surface area contributed by atoms with Crippen LogP contribution < -0.4 is 5.32 Å². The summed E-state index contributed by atoms with van der Waals surface area (Å²) in [5, 5.41) is 3.05. The van der Waals surface area contributed by atoms with Crippen LogP contribution in [0, 0.1) is 11.8 Å². The fraction of sp³-hybridized carbons (Fsp3) is 0.619. The molecule has 7 heteroatoms. The van der Waals surface area contributed by atoms with E-state index in [1.165, 1.54) is 12.1 Å². The lowest BCUT2D eigenvalue weighted by Gasteiger charge is -2.32. The van der Waals surface area contributed by atoms with Crippen molar-refractivity contribution >= 4 is 11.8 Å². The predicted molar refractivity (Wildman–Crippen MR) is 102 cm³/mol. The lowest BCUT2D eigenvalue weighted by Crippen LogP contribution is -2.44. The van der Waals surface area contributed by atoms with Gasteiger partial charge in [0, 0.05) is 30.6 Å². The van der Waals surface area contributed by atoms with Gasteiger partial charge in [-0.3, -0.25) is 9.59 Å². The third-order valence-corrected chi connectivity index (χ3v) is 5.18. The summed E-state index contributed by atoms with van der Waals surface area (Å²) >= 11 is 0. The molecule has 0 saturated carbocycles. The highest BCUT2D eigenvalue weighted by atomic mass is 19.4. The number of carbonyl (C=O) groups is 2. The van der Waals surface area contributed by atoms with Gasteiger partial charge in [0.2, 0.25) is 5.91 Å². The number of carbonyl (C=O) groups excluding carboxylic acids is 2. The number of benzene rings is 1. The summed E-state index contributed by atoms with van der Waals surface area (Å²) in [6.07, 6.45) is -1.29. The summed E-state index contributed by atoms with van der Waals surface area (Å²) < 4.78 is 37.9. The molecular formula is C21H29F3N2O2. The van der Waals surface area contributed by atoms with Gasteiger partial charge in [0.15, 0.2) is 0 Å². The maximum absolute atomic E-state index is 12.6. The summed E-state index contributed by atoms with van der Waals surface area (Å²) in [6.45, 7) is 7.16. The van der Waals surface area contributed by atoms with Crippen molar-refractivity contribution in [3.8, 4) is 0 Å². The van der Waals surface area contributed by atoms with E-state index in [0.29, 0.717) is 31.8 Å². The summed E-state index contributed by atoms with van der Waals surface area (Å²) in [4.78, 5) is 26.5. The van der Waals surface area contributed by atoms with E-state index in [1.54, 1.807) is 4.90 Å². The number of rotatable bonds is 6. The lowest BCUT2D eigenvalue weighted by atomic mass is 9.94. The fourth-order valence-corrected chi connectivity index (χ4v) is 3.35. The van der Waals surface area contributed by atoms with Crippen molar-refractivity contribution in [3.63, 3.8) is 0 Å². The standard InChI is InChI=1S/C21H29F3N2O2/c1-14(2)4-5-15(3)25-19(27)16-10-12-26(13-11-16)20(28)17-6-8-18(9-7-17)21(22,23)24/h6-9,14-16H,4-5,10-13H2,1-3H3,(H,25,27). The fourth-order valence-electron chi connectivity index (χ4n) is 3.35. The van der Waals surface area contributed by atoms with Crippen molar-refractivity contribution in [1.82, 2.24) is 10.2 Å². The van der Waals surface area contributed by atoms with Gasteiger partial charge in [-0.2, -0.15) is 13.2 Å². The second kappa shape index (κ2) is 9.43. The Morgan fingerprint density at radius 2 is 1.64 bits per heavy atom. The molecule has 156 valence electrons. The van der Waals surface area contributed by atoms with Gasteiger partial charge in [-0.05, 0) is 62.8 Å². The summed E-state index contributed by atoms with van der Waals surface area (Å²) in [7, 11) is 0. The van der Waals surface area contributed by atoms with Gasteiger partial charge in [-0.25, -0.2) is 0 Å². The minimum atomic E-state index is -4.42. The monoisotopic (exact) mass is 398 g/mol. The molecule has 1 heterocycles. The average Bonchev–Trinajstić information content (AvgIpc) is 2.65. The third kappa shape index (κ3) is 6.24. The van der Waals surface area contributed by atoms with E-state index in [4.69, 9.17) is 0 Å². The predicted octanol–water partition coefficient (Wildman–Crippen LogP) is 4.50. The summed E-state index contributed by atoms with van der Waals surface area (Å²) in [5.74, 6) is 0.202. The van der Waals surface area contributed by atoms with Crippen molar-refractivity contribution in [2.45, 2.75) is 58.7 Å². The molecule has 1 N–H and O–H groups in total. The van der Waals surface area contributed by atoms with Gasteiger partial charge >= 0.3 is 6.18 Å². The molecule has 1 unspecified atom stereocenters. The zero-order chi connectivity index (χ0) is 20.9. The Morgan fingerprint density at radius 3 is 2.14 bits per heavy atom. The van der Waals surface area contributed by atoms with Crippen LogP contribution in [0.5, 0.6) is 0 Å². The molecule has 0 radical (unpaired) electrons. The SMILES string of the molecule is CC(C)CCC(C)NC(=O)C1CCN(C(=O)c2ccc(C(F)(F)F)cc2)CC1. The topological polar surface area (TPSA) is 49.4 Å². The Hall–Kier alpha value is -2.05. The van der Waals surface area contributed by atoms with Crippen LogP contribution in [0.2, 0.25) is 0 Å². The van der Waals surface area contributed by atoms with Crippen molar-refractivity contribution in [2.24, 2.45) is 11.8 Å². The Balaban J connectivity index is 1.84. The van der Waals surface area contributed by atoms with Crippen LogP contribution in [0.1, 0.15) is 62.4 Å². The van der Waals surface area contributed by atoms with Gasteiger partial charge in [0.25, 0.3) is 5.91 Å². The van der Waals surface area contributed by atoms with E-state index in [1.807, 2.05) is 6.92 Å². The van der Waals surface area contributed by atoms with E-state index in [-0.39, 0.29) is 29.3 Å². The highest BCUT2D eigenvalue weighted by Gasteiger charge is 2.31. The normalized spacial score (nSPS) is 16.9. The van der Waals surface area contributed by atoms with Crippen LogP contribution >= 0.6 is 0 Å². The molecule has 0 spiro atoms. The first kappa shape index (κ1) is 22.2. The largest absolute Gasteiger partial charge is 0.416 e. The van der Waals surface area contributed by atoms with Crippen LogP contribution in [-0.2, 0) is 11.0 Å². The van der Waals surface area contributed by atoms with Gasteiger partial charge < -0.3 is 10.2 Å². The minimum Gasteiger partial charge on any atom is -0.353 e. The Bertz CT molecular complexity index is 663. The first-order chi connectivity index (χ1) is 13.1. The molecule has 1 aliphatic rings. The first-order valence-corrected chi connectivity index (χ1v) is 9.85. The number of likely N-dealkylation sites (tertiary alicyclic amines) is 1. The molecule has 2 rings (SSSR count). The number of hydrogen-bond donors (Lipinski definition) is 1. The molecule has 28 heavy (non-hydrogen) atoms. The van der Waals surface area contributed by atoms with Crippen LogP contribution in [0.4, 0.5) is 13.2 Å². The zero-order valence-electron chi connectivity index (χ0n) is 16.7. The third-order valence-electron chi connectivity index (χ3n) is 5.18. The lowest BCUT2D eigenvalue weighted by molar-refractivity contribution is -0.137. The number of hydrogen-bond acceptors (Lipinski definition) is 2. The Labute approximate surface area is 164 Å². The summed E-state index contributed by atoms with van der Waals surface area (Å²) in [6, 6.07) is 4.39. The number of halogens is 3. The number of piperidine rings is 1. The molecule has 1 atom stereocenters. The molecule has 0 aliphatic carbocycles. The van der Waals surface area contributed by atoms with Crippen molar-refractivity contribution in [3.05, 3.63) is 35.4 Å². The van der Waals surface area contributed by atoms with E-state index in [0.717, 1.165) is 25.0 Å². The highest BCUT2D eigenvalue weighted by molar-refractivity contribution is 5.94. The van der Waals surface area contributed by atoms with Crippen LogP contribution in [0.3, 0.4) is 0 Å². The molecule has 1 saturated heterocycles. The number of nitrogens with zero attached hydrogens (tertiary/aromatic N) is 1. The van der Waals surface area contributed by atoms with Crippen LogP contribution in [0.25, 0.3) is 0 Å². The van der Waals surface area contributed by atoms with Gasteiger partial charge in [-0.1, -0.05) is 13.8 Å². The van der Waals surface area contributed by atoms with E-state index in [9.17, 15) is 22.8 Å². The van der Waals surface area contributed by atoms with E-state index < -0.39 is 11.7 Å². The molecule has 1 aliphatic heterocycles. The summed E-state index contributed by atoms with van der Waals surface area (Å²) in [5.41, 5.74) is -0.538. The molecule has 1 aromatic carbocycles. The number of nitrogens with one attached hydrogen (secondary N) is 1. The van der Waals surface area contributed by atoms with Crippen molar-refractivity contribution in [2.75, 3.05) is 13.1 Å². The number of alkyl halides is 3. The highest BCUT2D eigenvalue weighted by Crippen LogP contribution is 2.29. The first-order valence-electron chi connectivity index (χ1n) is 9.85. The molecular weight excluding hydrogens is 369 g/mol. The quantitative estimate of drug-likeness (QED) is 0.767. The Morgan fingerprint density at radius 1 is 1.07 bits per heavy atom. The van der Waals surface area contributed by atoms with E-state index >= 15 is 0 Å². The molecule has 1 aromatic rings. The van der Waals surface area contributed by atoms with Gasteiger partial charge in [0.05, 0.1) is 5.56 Å². The molecule has 0 aromatic heterocycles. The van der Waals surface area contributed by atoms with Crippen molar-refractivity contribution in [1.29, 1.82) is 0 Å². The van der Waals surface area contributed by atoms with Gasteiger partial charge in [-0.15, -0.1) is 0 Å². The van der Waals surface area contributed by atoms with Crippen LogP contribution in [0.15, 0.2) is 24.3 Å². The second-order valence-electron chi connectivity index (χ2n) is 8.02. The molecule has 0 bridgehead atoms. The Kier molecular flexibility index (Phi) is 7.49. The van der Waals surface area contributed by atoms with Gasteiger partial charge in [0.1, 0.15) is 0 Å². The average molecular weight is 398 g/mol. The second-order valence-corrected chi connectivity index (χ2v) is 8.02. The maximum Gasteiger partial charge on any atom is 0.416 e. The smallest absolute Gasteiger partial charge is 0.353 e. The van der Waals surface area contributed by atoms with Crippen LogP contribution in [-0.4, -0.2) is 35.8 Å². The molecule has 2 amide bonds. The molecule has 4 nitrogen and oxygen atoms in total. The number of amides is 2. The molecule has 1 fully saturated rings. The van der Waals surface area contributed by atoms with Crippen molar-refractivity contribution < 1.29 is 22.8 Å². The zero-order valence-corrected chi connectivity index (χ0v) is 16.7. The van der Waals surface area contributed by atoms with E-state index in [2.05, 4.69) is 19.2 Å².